The van der Waals surface area contributed by atoms with Gasteiger partial charge in [0.15, 0.2) is 0 Å². The van der Waals surface area contributed by atoms with Crippen molar-refractivity contribution >= 4 is 37.3 Å². The highest BCUT2D eigenvalue weighted by Crippen LogP contribution is 2.41. The van der Waals surface area contributed by atoms with Crippen molar-refractivity contribution in [3.8, 4) is 0 Å². The lowest BCUT2D eigenvalue weighted by molar-refractivity contribution is 0.514. The van der Waals surface area contributed by atoms with Crippen LogP contribution in [-0.2, 0) is 10.0 Å². The highest BCUT2D eigenvalue weighted by molar-refractivity contribution is 9.10. The second-order valence-corrected chi connectivity index (χ2v) is 7.51. The van der Waals surface area contributed by atoms with E-state index in [9.17, 15) is 8.42 Å². The molecule has 0 saturated carbocycles. The van der Waals surface area contributed by atoms with Crippen LogP contribution in [0.15, 0.2) is 22.7 Å². The predicted octanol–water partition coefficient (Wildman–Crippen LogP) is 2.42. The molecule has 2 rings (SSSR count). The SMILES string of the molecule is CC1(C)CNc2c(Br)cccc2N1S(C)(=O)=O. The van der Waals surface area contributed by atoms with Gasteiger partial charge in [-0.1, -0.05) is 6.07 Å². The first-order valence-corrected chi connectivity index (χ1v) is 7.90. The molecule has 0 unspecified atom stereocenters. The number of benzene rings is 1. The first-order chi connectivity index (χ1) is 7.73. The van der Waals surface area contributed by atoms with Gasteiger partial charge >= 0.3 is 0 Å². The molecule has 0 bridgehead atoms. The van der Waals surface area contributed by atoms with E-state index in [1.165, 1.54) is 10.6 Å². The fraction of sp³-hybridized carbons (Fsp3) is 0.455. The summed E-state index contributed by atoms with van der Waals surface area (Å²) < 4.78 is 26.3. The van der Waals surface area contributed by atoms with E-state index in [1.807, 2.05) is 32.0 Å². The minimum atomic E-state index is -3.29. The lowest BCUT2D eigenvalue weighted by Crippen LogP contribution is -2.54. The second-order valence-electron chi connectivity index (χ2n) is 4.83. The third-order valence-electron chi connectivity index (χ3n) is 2.79. The Morgan fingerprint density at radius 1 is 1.41 bits per heavy atom. The average molecular weight is 319 g/mol. The summed E-state index contributed by atoms with van der Waals surface area (Å²) in [6.07, 6.45) is 1.24. The Morgan fingerprint density at radius 2 is 2.06 bits per heavy atom. The van der Waals surface area contributed by atoms with Crippen molar-refractivity contribution < 1.29 is 8.42 Å². The topological polar surface area (TPSA) is 49.4 Å². The highest BCUT2D eigenvalue weighted by Gasteiger charge is 2.38. The molecular weight excluding hydrogens is 304 g/mol. The largest absolute Gasteiger partial charge is 0.380 e. The molecule has 0 aliphatic carbocycles. The molecule has 1 aromatic rings. The predicted molar refractivity (Wildman–Crippen MR) is 74.0 cm³/mol. The summed E-state index contributed by atoms with van der Waals surface area (Å²) >= 11 is 3.43. The van der Waals surface area contributed by atoms with E-state index < -0.39 is 15.6 Å². The number of para-hydroxylation sites is 1. The zero-order valence-electron chi connectivity index (χ0n) is 9.99. The van der Waals surface area contributed by atoms with Crippen LogP contribution in [0, 0.1) is 0 Å². The number of fused-ring (bicyclic) bond motifs is 1. The summed E-state index contributed by atoms with van der Waals surface area (Å²) in [6, 6.07) is 5.55. The van der Waals surface area contributed by atoms with Gasteiger partial charge in [0.25, 0.3) is 0 Å². The number of nitrogens with zero attached hydrogens (tertiary/aromatic N) is 1. The Kier molecular flexibility index (Phi) is 2.90. The van der Waals surface area contributed by atoms with Crippen molar-refractivity contribution in [2.45, 2.75) is 19.4 Å². The number of hydrogen-bond acceptors (Lipinski definition) is 3. The van der Waals surface area contributed by atoms with Gasteiger partial charge < -0.3 is 5.32 Å². The lowest BCUT2D eigenvalue weighted by Gasteiger charge is -2.43. The zero-order chi connectivity index (χ0) is 12.8. The van der Waals surface area contributed by atoms with Crippen molar-refractivity contribution in [1.82, 2.24) is 0 Å². The number of sulfonamides is 1. The third kappa shape index (κ3) is 2.15. The minimum absolute atomic E-state index is 0.471. The number of halogens is 1. The lowest BCUT2D eigenvalue weighted by atomic mass is 10.0. The van der Waals surface area contributed by atoms with Crippen molar-refractivity contribution in [2.75, 3.05) is 22.4 Å². The molecule has 1 N–H and O–H groups in total. The standard InChI is InChI=1S/C11H15BrN2O2S/c1-11(2)7-13-10-8(12)5-4-6-9(10)14(11)17(3,15)16/h4-6,13H,7H2,1-3H3. The van der Waals surface area contributed by atoms with Gasteiger partial charge in [-0.3, -0.25) is 4.31 Å². The van der Waals surface area contributed by atoms with Gasteiger partial charge in [-0.15, -0.1) is 0 Å². The van der Waals surface area contributed by atoms with Crippen LogP contribution >= 0.6 is 15.9 Å². The van der Waals surface area contributed by atoms with Crippen LogP contribution in [0.4, 0.5) is 11.4 Å². The Labute approximate surface area is 110 Å². The van der Waals surface area contributed by atoms with Gasteiger partial charge in [-0.2, -0.15) is 0 Å². The van der Waals surface area contributed by atoms with Crippen molar-refractivity contribution in [3.05, 3.63) is 22.7 Å². The van der Waals surface area contributed by atoms with E-state index in [2.05, 4.69) is 21.2 Å². The van der Waals surface area contributed by atoms with E-state index in [0.717, 1.165) is 10.2 Å². The van der Waals surface area contributed by atoms with Crippen LogP contribution in [0.2, 0.25) is 0 Å². The maximum absolute atomic E-state index is 12.0. The van der Waals surface area contributed by atoms with Crippen LogP contribution in [0.25, 0.3) is 0 Å². The monoisotopic (exact) mass is 318 g/mol. The van der Waals surface area contributed by atoms with E-state index in [0.29, 0.717) is 12.2 Å². The summed E-state index contributed by atoms with van der Waals surface area (Å²) in [7, 11) is -3.29. The van der Waals surface area contributed by atoms with E-state index in [1.54, 1.807) is 0 Å². The molecule has 1 heterocycles. The first-order valence-electron chi connectivity index (χ1n) is 5.26. The summed E-state index contributed by atoms with van der Waals surface area (Å²) in [6.45, 7) is 4.39. The van der Waals surface area contributed by atoms with Crippen molar-refractivity contribution in [2.24, 2.45) is 0 Å². The van der Waals surface area contributed by atoms with Gasteiger partial charge in [0, 0.05) is 11.0 Å². The van der Waals surface area contributed by atoms with Gasteiger partial charge in [0.1, 0.15) is 0 Å². The van der Waals surface area contributed by atoms with Crippen LogP contribution in [-0.4, -0.2) is 26.8 Å². The number of hydrogen-bond donors (Lipinski definition) is 1. The number of anilines is 2. The van der Waals surface area contributed by atoms with E-state index >= 15 is 0 Å². The van der Waals surface area contributed by atoms with Gasteiger partial charge in [0.05, 0.1) is 23.2 Å². The second kappa shape index (κ2) is 3.88. The molecule has 1 aliphatic rings. The van der Waals surface area contributed by atoms with Crippen LogP contribution in [0.5, 0.6) is 0 Å². The van der Waals surface area contributed by atoms with Crippen molar-refractivity contribution in [1.29, 1.82) is 0 Å². The Balaban J connectivity index is 2.69. The quantitative estimate of drug-likeness (QED) is 0.865. The molecule has 0 amide bonds. The smallest absolute Gasteiger partial charge is 0.232 e. The first kappa shape index (κ1) is 12.7. The van der Waals surface area contributed by atoms with Gasteiger partial charge in [-0.25, -0.2) is 8.42 Å². The molecule has 0 fully saturated rings. The Hall–Kier alpha value is -0.750. The zero-order valence-corrected chi connectivity index (χ0v) is 12.4. The Bertz CT molecular complexity index is 555. The molecule has 0 aromatic heterocycles. The fourth-order valence-corrected chi connectivity index (χ4v) is 4.15. The third-order valence-corrected chi connectivity index (χ3v) is 4.80. The molecule has 0 spiro atoms. The number of rotatable bonds is 1. The van der Waals surface area contributed by atoms with Gasteiger partial charge in [-0.05, 0) is 41.9 Å². The van der Waals surface area contributed by atoms with E-state index in [4.69, 9.17) is 0 Å². The van der Waals surface area contributed by atoms with Crippen LogP contribution in [0.3, 0.4) is 0 Å². The molecule has 0 saturated heterocycles. The Morgan fingerprint density at radius 3 is 2.65 bits per heavy atom. The van der Waals surface area contributed by atoms with E-state index in [-0.39, 0.29) is 0 Å². The summed E-state index contributed by atoms with van der Waals surface area (Å²) in [5, 5.41) is 3.27. The normalized spacial score (nSPS) is 18.5. The van der Waals surface area contributed by atoms with Crippen LogP contribution < -0.4 is 9.62 Å². The minimum Gasteiger partial charge on any atom is -0.380 e. The molecule has 1 aliphatic heterocycles. The summed E-state index contributed by atoms with van der Waals surface area (Å²) in [5.74, 6) is 0. The van der Waals surface area contributed by atoms with Crippen molar-refractivity contribution in [3.63, 3.8) is 0 Å². The van der Waals surface area contributed by atoms with Crippen LogP contribution in [0.1, 0.15) is 13.8 Å². The average Bonchev–Trinajstić information content (AvgIpc) is 2.13. The molecule has 4 nitrogen and oxygen atoms in total. The summed E-state index contributed by atoms with van der Waals surface area (Å²) in [4.78, 5) is 0. The molecule has 6 heteroatoms. The molecule has 0 radical (unpaired) electrons. The molecule has 0 atom stereocenters. The molecule has 1 aromatic carbocycles. The molecule has 17 heavy (non-hydrogen) atoms. The highest BCUT2D eigenvalue weighted by atomic mass is 79.9. The van der Waals surface area contributed by atoms with Gasteiger partial charge in [0.2, 0.25) is 10.0 Å². The fourth-order valence-electron chi connectivity index (χ4n) is 2.19. The summed E-state index contributed by atoms with van der Waals surface area (Å²) in [5.41, 5.74) is 1.05. The number of nitrogens with one attached hydrogen (secondary N) is 1. The molecule has 94 valence electrons. The maximum Gasteiger partial charge on any atom is 0.232 e. The maximum atomic E-state index is 12.0. The molecular formula is C11H15BrN2O2S.